The minimum Gasteiger partial charge on any atom is -0.368 e. The Bertz CT molecular complexity index is 946. The number of amides is 2. The maximum atomic E-state index is 13.4. The standard InChI is InChI=1S/C22H26N2O4S.CH4.2H2S/c1-13(2)10-16(22(27)24-9-5-7-18-20(24)17(25)11-28-18)23-21(26)15-12-29-19-8-4-3-6-14(15)19;;;/h3-4,6,8,12-13,16,18,20H,5,7,9-11H2,1-2H3,(H,23,26);1H4;2*1H2/t16-,18+,20+;;;/m0.../s1. The molecule has 0 aliphatic carbocycles. The van der Waals surface area contributed by atoms with Crippen molar-refractivity contribution < 1.29 is 19.1 Å². The number of rotatable bonds is 5. The molecule has 178 valence electrons. The normalized spacial score (nSPS) is 20.6. The van der Waals surface area contributed by atoms with Crippen LogP contribution in [0.5, 0.6) is 0 Å². The van der Waals surface area contributed by atoms with Crippen molar-refractivity contribution in [3.63, 3.8) is 0 Å². The van der Waals surface area contributed by atoms with Crippen molar-refractivity contribution in [1.29, 1.82) is 0 Å². The molecule has 2 amide bonds. The number of hydrogen-bond donors (Lipinski definition) is 1. The van der Waals surface area contributed by atoms with E-state index in [9.17, 15) is 14.4 Å². The molecule has 0 unspecified atom stereocenters. The molecule has 0 spiro atoms. The highest BCUT2D eigenvalue weighted by atomic mass is 32.1. The Kier molecular flexibility index (Phi) is 10.7. The Labute approximate surface area is 208 Å². The zero-order valence-corrected chi connectivity index (χ0v) is 20.5. The summed E-state index contributed by atoms with van der Waals surface area (Å²) in [5.41, 5.74) is 0.587. The van der Waals surface area contributed by atoms with Gasteiger partial charge in [0.05, 0.1) is 11.7 Å². The number of piperidine rings is 1. The molecule has 2 aliphatic rings. The Morgan fingerprint density at radius 3 is 2.69 bits per heavy atom. The molecule has 2 saturated heterocycles. The minimum absolute atomic E-state index is 0. The van der Waals surface area contributed by atoms with E-state index in [1.165, 1.54) is 11.3 Å². The van der Waals surface area contributed by atoms with Crippen molar-refractivity contribution >= 4 is 66.0 Å². The number of thiophene rings is 1. The highest BCUT2D eigenvalue weighted by molar-refractivity contribution is 7.59. The topological polar surface area (TPSA) is 75.7 Å². The number of ketones is 1. The lowest BCUT2D eigenvalue weighted by Gasteiger charge is -2.37. The van der Waals surface area contributed by atoms with Crippen LogP contribution in [-0.4, -0.2) is 53.8 Å². The third-order valence-electron chi connectivity index (χ3n) is 5.66. The van der Waals surface area contributed by atoms with E-state index in [4.69, 9.17) is 4.74 Å². The fourth-order valence-corrected chi connectivity index (χ4v) is 5.26. The van der Waals surface area contributed by atoms with Gasteiger partial charge in [-0.2, -0.15) is 27.0 Å². The zero-order valence-electron chi connectivity index (χ0n) is 17.7. The predicted molar refractivity (Wildman–Crippen MR) is 140 cm³/mol. The molecule has 0 saturated carbocycles. The SMILES string of the molecule is C.CC(C)C[C@H](NC(=O)c1csc2ccccc12)C(=O)N1CCC[C@H]2OCC(=O)[C@H]21.S.S. The van der Waals surface area contributed by atoms with Crippen molar-refractivity contribution in [3.8, 4) is 0 Å². The first-order chi connectivity index (χ1) is 14.0. The largest absolute Gasteiger partial charge is 0.368 e. The second-order valence-corrected chi connectivity index (χ2v) is 9.15. The lowest BCUT2D eigenvalue weighted by molar-refractivity contribution is -0.142. The van der Waals surface area contributed by atoms with Crippen molar-refractivity contribution in [2.24, 2.45) is 5.92 Å². The summed E-state index contributed by atoms with van der Waals surface area (Å²) in [4.78, 5) is 40.4. The van der Waals surface area contributed by atoms with Gasteiger partial charge in [0.25, 0.3) is 5.91 Å². The van der Waals surface area contributed by atoms with Gasteiger partial charge in [-0.15, -0.1) is 11.3 Å². The number of nitrogens with one attached hydrogen (secondary N) is 1. The van der Waals surface area contributed by atoms with Crippen molar-refractivity contribution in [3.05, 3.63) is 35.2 Å². The van der Waals surface area contributed by atoms with Crippen molar-refractivity contribution in [2.45, 2.75) is 58.7 Å². The molecule has 9 heteroatoms. The number of ether oxygens (including phenoxy) is 1. The van der Waals surface area contributed by atoms with Crippen LogP contribution in [0.25, 0.3) is 10.1 Å². The smallest absolute Gasteiger partial charge is 0.253 e. The molecule has 0 radical (unpaired) electrons. The van der Waals surface area contributed by atoms with Crippen molar-refractivity contribution in [1.82, 2.24) is 10.2 Å². The third kappa shape index (κ3) is 5.68. The number of likely N-dealkylation sites (tertiary alicyclic amines) is 1. The Balaban J connectivity index is 0.00000171. The summed E-state index contributed by atoms with van der Waals surface area (Å²) < 4.78 is 6.61. The molecular weight excluding hydrogens is 464 g/mol. The number of Topliss-reactive ketones (excluding diaryl/α,β-unsaturated/α-hetero) is 1. The molecule has 32 heavy (non-hydrogen) atoms. The average molecular weight is 499 g/mol. The molecular formula is C23H34N2O4S3. The molecule has 3 heterocycles. The second kappa shape index (κ2) is 12.1. The molecule has 4 rings (SSSR count). The fraction of sp³-hybridized carbons (Fsp3) is 0.522. The highest BCUT2D eigenvalue weighted by Gasteiger charge is 2.45. The van der Waals surface area contributed by atoms with Crippen LogP contribution in [0.3, 0.4) is 0 Å². The van der Waals surface area contributed by atoms with Crippen LogP contribution in [0.4, 0.5) is 0 Å². The monoisotopic (exact) mass is 498 g/mol. The Morgan fingerprint density at radius 1 is 1.25 bits per heavy atom. The van der Waals surface area contributed by atoms with Gasteiger partial charge in [-0.1, -0.05) is 39.5 Å². The van der Waals surface area contributed by atoms with Crippen LogP contribution in [0.15, 0.2) is 29.6 Å². The zero-order chi connectivity index (χ0) is 20.5. The number of nitrogens with zero attached hydrogens (tertiary/aromatic N) is 1. The van der Waals surface area contributed by atoms with Crippen LogP contribution in [0, 0.1) is 5.92 Å². The number of fused-ring (bicyclic) bond motifs is 2. The van der Waals surface area contributed by atoms with Crippen LogP contribution in [-0.2, 0) is 14.3 Å². The highest BCUT2D eigenvalue weighted by Crippen LogP contribution is 2.28. The Morgan fingerprint density at radius 2 is 1.97 bits per heavy atom. The first-order valence-corrected chi connectivity index (χ1v) is 11.1. The maximum Gasteiger partial charge on any atom is 0.253 e. The number of hydrogen-bond acceptors (Lipinski definition) is 5. The summed E-state index contributed by atoms with van der Waals surface area (Å²) in [7, 11) is 0. The molecule has 1 aromatic heterocycles. The first kappa shape index (κ1) is 28.5. The summed E-state index contributed by atoms with van der Waals surface area (Å²) in [5.74, 6) is -0.245. The molecule has 0 bridgehead atoms. The van der Waals surface area contributed by atoms with E-state index >= 15 is 0 Å². The molecule has 3 atom stereocenters. The maximum absolute atomic E-state index is 13.4. The van der Waals surface area contributed by atoms with Crippen LogP contribution >= 0.6 is 38.3 Å². The lowest BCUT2D eigenvalue weighted by Crippen LogP contribution is -2.58. The van der Waals surface area contributed by atoms with Gasteiger partial charge in [0.2, 0.25) is 5.91 Å². The van der Waals surface area contributed by atoms with Gasteiger partial charge < -0.3 is 15.0 Å². The van der Waals surface area contributed by atoms with Crippen LogP contribution < -0.4 is 5.32 Å². The first-order valence-electron chi connectivity index (χ1n) is 10.2. The van der Waals surface area contributed by atoms with Crippen LogP contribution in [0.2, 0.25) is 0 Å². The van der Waals surface area contributed by atoms with Gasteiger partial charge >= 0.3 is 0 Å². The Hall–Kier alpha value is -1.55. The van der Waals surface area contributed by atoms with Gasteiger partial charge in [0, 0.05) is 22.0 Å². The summed E-state index contributed by atoms with van der Waals surface area (Å²) >= 11 is 1.52. The minimum atomic E-state index is -0.659. The van der Waals surface area contributed by atoms with E-state index in [1.807, 2.05) is 43.5 Å². The lowest BCUT2D eigenvalue weighted by atomic mass is 9.95. The quantitative estimate of drug-likeness (QED) is 0.679. The summed E-state index contributed by atoms with van der Waals surface area (Å²) in [6.07, 6.45) is 1.91. The van der Waals surface area contributed by atoms with Gasteiger partial charge in [-0.3, -0.25) is 14.4 Å². The third-order valence-corrected chi connectivity index (χ3v) is 6.63. The molecule has 1 N–H and O–H groups in total. The molecule has 6 nitrogen and oxygen atoms in total. The van der Waals surface area contributed by atoms with Gasteiger partial charge in [-0.25, -0.2) is 0 Å². The van der Waals surface area contributed by atoms with E-state index in [2.05, 4.69) is 5.32 Å². The number of benzene rings is 1. The fourth-order valence-electron chi connectivity index (χ4n) is 4.32. The summed E-state index contributed by atoms with van der Waals surface area (Å²) in [5, 5.41) is 5.69. The average Bonchev–Trinajstić information content (AvgIpc) is 3.30. The van der Waals surface area contributed by atoms with Gasteiger partial charge in [0.15, 0.2) is 5.78 Å². The predicted octanol–water partition coefficient (Wildman–Crippen LogP) is 3.87. The van der Waals surface area contributed by atoms with Crippen LogP contribution in [0.1, 0.15) is 50.9 Å². The van der Waals surface area contributed by atoms with E-state index in [0.717, 1.165) is 22.9 Å². The van der Waals surface area contributed by atoms with Gasteiger partial charge in [-0.05, 0) is 31.2 Å². The second-order valence-electron chi connectivity index (χ2n) is 8.24. The van der Waals surface area contributed by atoms with E-state index in [0.29, 0.717) is 18.5 Å². The molecule has 1 aromatic carbocycles. The van der Waals surface area contributed by atoms with E-state index < -0.39 is 12.1 Å². The molecule has 2 fully saturated rings. The number of carbonyl (C=O) groups is 3. The molecule has 2 aliphatic heterocycles. The molecule has 2 aromatic rings. The van der Waals surface area contributed by atoms with Gasteiger partial charge in [0.1, 0.15) is 18.7 Å². The summed E-state index contributed by atoms with van der Waals surface area (Å²) in [6.45, 7) is 4.65. The van der Waals surface area contributed by atoms with E-state index in [-0.39, 0.29) is 70.6 Å². The summed E-state index contributed by atoms with van der Waals surface area (Å²) in [6, 6.07) is 6.58. The van der Waals surface area contributed by atoms with Crippen molar-refractivity contribution in [2.75, 3.05) is 13.2 Å². The van der Waals surface area contributed by atoms with E-state index in [1.54, 1.807) is 4.90 Å². The number of carbonyl (C=O) groups excluding carboxylic acids is 3.